The Morgan fingerprint density at radius 1 is 1.54 bits per heavy atom. The summed E-state index contributed by atoms with van der Waals surface area (Å²) in [6, 6.07) is 9.07. The van der Waals surface area contributed by atoms with Crippen molar-refractivity contribution in [3.05, 3.63) is 52.0 Å². The standard InChI is InChI=1S/C19H19N3O3S/c1-14-21-16(13-26-14)11-25-18-5-3-2-4-15(18)6-7-19(23)22-8-9-24-12-17(22)10-20/h2-7,13,17H,8-9,11-12H2,1H3/b7-6-/t17-/m0/s1. The number of benzene rings is 1. The molecule has 3 rings (SSSR count). The molecule has 0 saturated carbocycles. The molecule has 0 aliphatic carbocycles. The minimum atomic E-state index is -0.541. The van der Waals surface area contributed by atoms with Crippen molar-refractivity contribution >= 4 is 23.3 Å². The van der Waals surface area contributed by atoms with E-state index in [-0.39, 0.29) is 12.5 Å². The van der Waals surface area contributed by atoms with Gasteiger partial charge in [-0.15, -0.1) is 11.3 Å². The average Bonchev–Trinajstić information content (AvgIpc) is 3.10. The van der Waals surface area contributed by atoms with Crippen molar-refractivity contribution in [2.45, 2.75) is 19.6 Å². The van der Waals surface area contributed by atoms with Gasteiger partial charge in [-0.1, -0.05) is 18.2 Å². The first-order valence-electron chi connectivity index (χ1n) is 8.26. The van der Waals surface area contributed by atoms with Gasteiger partial charge < -0.3 is 14.4 Å². The molecule has 1 aromatic heterocycles. The SMILES string of the molecule is Cc1nc(COc2ccccc2/C=C\C(=O)N2CCOC[C@@H]2C#N)cs1. The van der Waals surface area contributed by atoms with Crippen LogP contribution in [0.5, 0.6) is 5.75 Å². The van der Waals surface area contributed by atoms with Crippen LogP contribution in [0.4, 0.5) is 0 Å². The van der Waals surface area contributed by atoms with E-state index in [2.05, 4.69) is 11.1 Å². The molecule has 0 spiro atoms. The zero-order chi connectivity index (χ0) is 18.4. The second kappa shape index (κ2) is 8.61. The van der Waals surface area contributed by atoms with Crippen LogP contribution < -0.4 is 4.74 Å². The van der Waals surface area contributed by atoms with E-state index in [1.54, 1.807) is 17.4 Å². The van der Waals surface area contributed by atoms with E-state index in [0.717, 1.165) is 16.3 Å². The normalized spacial score (nSPS) is 17.2. The molecular formula is C19H19N3O3S. The van der Waals surface area contributed by atoms with Crippen LogP contribution in [-0.2, 0) is 16.1 Å². The highest BCUT2D eigenvalue weighted by Gasteiger charge is 2.25. The molecule has 2 heterocycles. The summed E-state index contributed by atoms with van der Waals surface area (Å²) >= 11 is 1.58. The van der Waals surface area contributed by atoms with E-state index in [1.165, 1.54) is 11.0 Å². The summed E-state index contributed by atoms with van der Waals surface area (Å²) in [6.07, 6.45) is 3.19. The molecule has 1 atom stereocenters. The summed E-state index contributed by atoms with van der Waals surface area (Å²) in [7, 11) is 0. The lowest BCUT2D eigenvalue weighted by atomic mass is 10.1. The molecule has 134 valence electrons. The number of aromatic nitrogens is 1. The number of carbonyl (C=O) groups is 1. The van der Waals surface area contributed by atoms with Crippen LogP contribution >= 0.6 is 11.3 Å². The van der Waals surface area contributed by atoms with Crippen LogP contribution in [0.25, 0.3) is 6.08 Å². The number of rotatable bonds is 5. The number of para-hydroxylation sites is 1. The third-order valence-electron chi connectivity index (χ3n) is 3.93. The van der Waals surface area contributed by atoms with E-state index in [4.69, 9.17) is 14.7 Å². The third kappa shape index (κ3) is 4.48. The zero-order valence-electron chi connectivity index (χ0n) is 14.4. The molecule has 26 heavy (non-hydrogen) atoms. The molecule has 1 aromatic carbocycles. The van der Waals surface area contributed by atoms with E-state index in [9.17, 15) is 4.79 Å². The van der Waals surface area contributed by atoms with Gasteiger partial charge >= 0.3 is 0 Å². The Balaban J connectivity index is 1.68. The minimum absolute atomic E-state index is 0.204. The van der Waals surface area contributed by atoms with E-state index in [0.29, 0.717) is 25.5 Å². The highest BCUT2D eigenvalue weighted by molar-refractivity contribution is 7.09. The van der Waals surface area contributed by atoms with Gasteiger partial charge in [0.05, 0.1) is 30.0 Å². The first kappa shape index (κ1) is 18.1. The number of nitrogens with zero attached hydrogens (tertiary/aromatic N) is 3. The molecule has 1 aliphatic rings. The molecule has 2 aromatic rings. The smallest absolute Gasteiger partial charge is 0.247 e. The lowest BCUT2D eigenvalue weighted by molar-refractivity contribution is -0.132. The van der Waals surface area contributed by atoms with Crippen LogP contribution in [0.1, 0.15) is 16.3 Å². The molecule has 0 unspecified atom stereocenters. The van der Waals surface area contributed by atoms with Gasteiger partial charge in [-0.2, -0.15) is 5.26 Å². The number of carbonyl (C=O) groups excluding carboxylic acids is 1. The van der Waals surface area contributed by atoms with Gasteiger partial charge in [-0.05, 0) is 19.1 Å². The Labute approximate surface area is 156 Å². The topological polar surface area (TPSA) is 75.4 Å². The number of nitriles is 1. The molecule has 0 bridgehead atoms. The van der Waals surface area contributed by atoms with Crippen molar-refractivity contribution in [2.24, 2.45) is 0 Å². The van der Waals surface area contributed by atoms with Crippen molar-refractivity contribution in [3.63, 3.8) is 0 Å². The molecule has 0 N–H and O–H groups in total. The van der Waals surface area contributed by atoms with E-state index in [1.807, 2.05) is 36.6 Å². The number of hydrogen-bond acceptors (Lipinski definition) is 6. The van der Waals surface area contributed by atoms with Gasteiger partial charge in [0.1, 0.15) is 18.4 Å². The molecule has 1 fully saturated rings. The molecular weight excluding hydrogens is 350 g/mol. The van der Waals surface area contributed by atoms with Gasteiger partial charge in [0.25, 0.3) is 0 Å². The summed E-state index contributed by atoms with van der Waals surface area (Å²) in [5, 5.41) is 12.1. The van der Waals surface area contributed by atoms with Crippen molar-refractivity contribution < 1.29 is 14.3 Å². The predicted molar refractivity (Wildman–Crippen MR) is 98.6 cm³/mol. The van der Waals surface area contributed by atoms with Gasteiger partial charge in [0, 0.05) is 23.6 Å². The number of thiazole rings is 1. The van der Waals surface area contributed by atoms with Crippen LogP contribution in [0, 0.1) is 18.3 Å². The van der Waals surface area contributed by atoms with Crippen molar-refractivity contribution in [2.75, 3.05) is 19.8 Å². The second-order valence-corrected chi connectivity index (χ2v) is 6.83. The Morgan fingerprint density at radius 3 is 3.15 bits per heavy atom. The van der Waals surface area contributed by atoms with Crippen LogP contribution in [0.15, 0.2) is 35.7 Å². The molecule has 6 nitrogen and oxygen atoms in total. The number of morpholine rings is 1. The largest absolute Gasteiger partial charge is 0.487 e. The highest BCUT2D eigenvalue weighted by Crippen LogP contribution is 2.21. The van der Waals surface area contributed by atoms with E-state index >= 15 is 0 Å². The lowest BCUT2D eigenvalue weighted by Crippen LogP contribution is -2.47. The van der Waals surface area contributed by atoms with Crippen LogP contribution in [-0.4, -0.2) is 41.6 Å². The number of aryl methyl sites for hydroxylation is 1. The third-order valence-corrected chi connectivity index (χ3v) is 4.75. The lowest BCUT2D eigenvalue weighted by Gasteiger charge is -2.30. The minimum Gasteiger partial charge on any atom is -0.487 e. The number of amides is 1. The predicted octanol–water partition coefficient (Wildman–Crippen LogP) is 2.79. The van der Waals surface area contributed by atoms with Crippen LogP contribution in [0.3, 0.4) is 0 Å². The summed E-state index contributed by atoms with van der Waals surface area (Å²) in [4.78, 5) is 18.3. The first-order chi connectivity index (χ1) is 12.7. The summed E-state index contributed by atoms with van der Waals surface area (Å²) in [6.45, 7) is 3.45. The van der Waals surface area contributed by atoms with Gasteiger partial charge in [-0.25, -0.2) is 4.98 Å². The van der Waals surface area contributed by atoms with Gasteiger partial charge in [-0.3, -0.25) is 4.79 Å². The quantitative estimate of drug-likeness (QED) is 0.758. The maximum atomic E-state index is 12.4. The van der Waals surface area contributed by atoms with Crippen molar-refractivity contribution in [3.8, 4) is 11.8 Å². The van der Waals surface area contributed by atoms with Crippen LogP contribution in [0.2, 0.25) is 0 Å². The first-order valence-corrected chi connectivity index (χ1v) is 9.14. The van der Waals surface area contributed by atoms with Crippen molar-refractivity contribution in [1.29, 1.82) is 5.26 Å². The molecule has 7 heteroatoms. The fourth-order valence-electron chi connectivity index (χ4n) is 2.61. The molecule has 1 amide bonds. The Kier molecular flexibility index (Phi) is 6.00. The Morgan fingerprint density at radius 2 is 2.38 bits per heavy atom. The fourth-order valence-corrected chi connectivity index (χ4v) is 3.20. The van der Waals surface area contributed by atoms with Gasteiger partial charge in [0.15, 0.2) is 0 Å². The molecule has 1 saturated heterocycles. The summed E-state index contributed by atoms with van der Waals surface area (Å²) in [5.41, 5.74) is 1.68. The average molecular weight is 369 g/mol. The zero-order valence-corrected chi connectivity index (χ0v) is 15.2. The molecule has 1 aliphatic heterocycles. The Hall–Kier alpha value is -2.69. The highest BCUT2D eigenvalue weighted by atomic mass is 32.1. The summed E-state index contributed by atoms with van der Waals surface area (Å²) in [5.74, 6) is 0.478. The summed E-state index contributed by atoms with van der Waals surface area (Å²) < 4.78 is 11.1. The number of ether oxygens (including phenoxy) is 2. The Bertz CT molecular complexity index is 841. The monoisotopic (exact) mass is 369 g/mol. The fraction of sp³-hybridized carbons (Fsp3) is 0.316. The maximum absolute atomic E-state index is 12.4. The van der Waals surface area contributed by atoms with Gasteiger partial charge in [0.2, 0.25) is 5.91 Å². The second-order valence-electron chi connectivity index (χ2n) is 5.77. The van der Waals surface area contributed by atoms with Crippen molar-refractivity contribution in [1.82, 2.24) is 9.88 Å². The van der Waals surface area contributed by atoms with E-state index < -0.39 is 6.04 Å². The molecule has 0 radical (unpaired) electrons. The number of hydrogen-bond donors (Lipinski definition) is 0. The maximum Gasteiger partial charge on any atom is 0.247 e.